The molecule has 31 heavy (non-hydrogen) atoms. The van der Waals surface area contributed by atoms with E-state index < -0.39 is 0 Å². The molecule has 1 aromatic heterocycles. The van der Waals surface area contributed by atoms with Crippen molar-refractivity contribution in [2.45, 2.75) is 63.9 Å². The minimum absolute atomic E-state index is 0.304. The number of hydrogen-bond donors (Lipinski definition) is 2. The Labute approximate surface area is 186 Å². The van der Waals surface area contributed by atoms with E-state index in [1.54, 1.807) is 18.3 Å². The molecule has 0 aliphatic heterocycles. The summed E-state index contributed by atoms with van der Waals surface area (Å²) in [5.41, 5.74) is 9.59. The van der Waals surface area contributed by atoms with Crippen LogP contribution in [0.1, 0.15) is 63.5 Å². The molecular formula is C24H36N6O. The lowest BCUT2D eigenvalue weighted by Gasteiger charge is -2.23. The van der Waals surface area contributed by atoms with Gasteiger partial charge in [-0.3, -0.25) is 15.0 Å². The zero-order valence-corrected chi connectivity index (χ0v) is 18.7. The van der Waals surface area contributed by atoms with E-state index in [-0.39, 0.29) is 0 Å². The van der Waals surface area contributed by atoms with Gasteiger partial charge in [0.15, 0.2) is 0 Å². The van der Waals surface area contributed by atoms with Gasteiger partial charge in [0.25, 0.3) is 0 Å². The molecule has 2 aliphatic carbocycles. The molecule has 0 bridgehead atoms. The average molecular weight is 425 g/mol. The monoisotopic (exact) mass is 424 g/mol. The summed E-state index contributed by atoms with van der Waals surface area (Å²) in [4.78, 5) is 13.0. The molecule has 0 amide bonds. The molecule has 1 aromatic rings. The second-order valence-electron chi connectivity index (χ2n) is 8.41. The third kappa shape index (κ3) is 7.21. The molecule has 7 nitrogen and oxygen atoms in total. The fraction of sp³-hybridized carbons (Fsp3) is 0.542. The summed E-state index contributed by atoms with van der Waals surface area (Å²) in [7, 11) is 1.80. The van der Waals surface area contributed by atoms with Gasteiger partial charge in [-0.15, -0.1) is 0 Å². The van der Waals surface area contributed by atoms with Gasteiger partial charge in [0.05, 0.1) is 29.4 Å². The summed E-state index contributed by atoms with van der Waals surface area (Å²) >= 11 is 0. The predicted molar refractivity (Wildman–Crippen MR) is 128 cm³/mol. The van der Waals surface area contributed by atoms with Crippen LogP contribution in [0, 0.1) is 5.92 Å². The average Bonchev–Trinajstić information content (AvgIpc) is 3.62. The van der Waals surface area contributed by atoms with Crippen molar-refractivity contribution in [3.63, 3.8) is 0 Å². The molecule has 3 rings (SSSR count). The fourth-order valence-corrected chi connectivity index (χ4v) is 3.87. The van der Waals surface area contributed by atoms with Gasteiger partial charge < -0.3 is 15.5 Å². The zero-order valence-electron chi connectivity index (χ0n) is 18.7. The van der Waals surface area contributed by atoms with Gasteiger partial charge in [-0.1, -0.05) is 6.42 Å². The molecule has 7 heteroatoms. The second-order valence-corrected chi connectivity index (χ2v) is 8.41. The molecule has 4 N–H and O–H groups in total. The van der Waals surface area contributed by atoms with Gasteiger partial charge in [-0.25, -0.2) is 5.84 Å². The van der Waals surface area contributed by atoms with Crippen molar-refractivity contribution in [2.75, 3.05) is 13.6 Å². The number of ether oxygens (including phenoxy) is 1. The standard InChI is InChI=1S/C24H36N6O/c1-27-21(18-10-11-18)14-16-28-15-6-9-23(30(2)26)24(25)22-13-12-20(17-29-22)31-19-7-4-3-5-8-19/h12-14,16-19H,1,3-11,15,25-26H2,2H3/b21-14-,24-23-,28-16?. The summed E-state index contributed by atoms with van der Waals surface area (Å²) < 4.78 is 6.06. The first kappa shape index (κ1) is 23.0. The number of allylic oxidation sites excluding steroid dienone is 3. The van der Waals surface area contributed by atoms with Gasteiger partial charge in [-0.2, -0.15) is 0 Å². The molecule has 0 saturated heterocycles. The van der Waals surface area contributed by atoms with E-state index in [1.165, 1.54) is 32.1 Å². The number of pyridine rings is 1. The highest BCUT2D eigenvalue weighted by molar-refractivity contribution is 5.72. The van der Waals surface area contributed by atoms with Crippen LogP contribution in [0.3, 0.4) is 0 Å². The SMILES string of the molecule is C=N/C(=C\C=NCCC/C(=C(/N)c1ccc(OC2CCCCC2)cn1)N(C)N)C1CC1. The van der Waals surface area contributed by atoms with Crippen molar-refractivity contribution < 1.29 is 4.74 Å². The normalized spacial score (nSPS) is 18.7. The van der Waals surface area contributed by atoms with E-state index in [9.17, 15) is 0 Å². The van der Waals surface area contributed by atoms with Crippen LogP contribution in [-0.2, 0) is 0 Å². The van der Waals surface area contributed by atoms with E-state index in [1.807, 2.05) is 24.4 Å². The quantitative estimate of drug-likeness (QED) is 0.241. The van der Waals surface area contributed by atoms with Crippen LogP contribution >= 0.6 is 0 Å². The lowest BCUT2D eigenvalue weighted by atomic mass is 9.98. The van der Waals surface area contributed by atoms with Crippen LogP contribution in [0.25, 0.3) is 5.70 Å². The Morgan fingerprint density at radius 2 is 2.03 bits per heavy atom. The molecule has 168 valence electrons. The second kappa shape index (κ2) is 11.6. The Bertz CT molecular complexity index is 802. The van der Waals surface area contributed by atoms with Crippen LogP contribution in [0.4, 0.5) is 0 Å². The topological polar surface area (TPSA) is 102 Å². The Kier molecular flexibility index (Phi) is 8.64. The molecule has 0 unspecified atom stereocenters. The lowest BCUT2D eigenvalue weighted by molar-refractivity contribution is 0.154. The number of hydrogen-bond acceptors (Lipinski definition) is 7. The van der Waals surface area contributed by atoms with E-state index in [0.29, 0.717) is 30.0 Å². The van der Waals surface area contributed by atoms with Crippen molar-refractivity contribution in [3.05, 3.63) is 41.5 Å². The first-order valence-corrected chi connectivity index (χ1v) is 11.4. The Morgan fingerprint density at radius 3 is 2.65 bits per heavy atom. The number of nitrogens with zero attached hydrogens (tertiary/aromatic N) is 4. The van der Waals surface area contributed by atoms with Crippen molar-refractivity contribution in [2.24, 2.45) is 27.5 Å². The highest BCUT2D eigenvalue weighted by Crippen LogP contribution is 2.36. The molecule has 2 fully saturated rings. The predicted octanol–water partition coefficient (Wildman–Crippen LogP) is 4.07. The van der Waals surface area contributed by atoms with E-state index in [4.69, 9.17) is 16.3 Å². The maximum Gasteiger partial charge on any atom is 0.138 e. The number of aliphatic imine (C=N–C) groups is 2. The largest absolute Gasteiger partial charge is 0.489 e. The molecule has 0 spiro atoms. The number of rotatable bonds is 11. The molecular weight excluding hydrogens is 388 g/mol. The van der Waals surface area contributed by atoms with Crippen LogP contribution in [0.5, 0.6) is 5.75 Å². The maximum atomic E-state index is 6.40. The summed E-state index contributed by atoms with van der Waals surface area (Å²) in [6, 6.07) is 3.85. The van der Waals surface area contributed by atoms with Gasteiger partial charge in [0, 0.05) is 31.4 Å². The number of aromatic nitrogens is 1. The van der Waals surface area contributed by atoms with Gasteiger partial charge >= 0.3 is 0 Å². The van der Waals surface area contributed by atoms with Crippen LogP contribution < -0.4 is 16.3 Å². The van der Waals surface area contributed by atoms with E-state index >= 15 is 0 Å². The van der Waals surface area contributed by atoms with E-state index in [2.05, 4.69) is 21.7 Å². The maximum absolute atomic E-state index is 6.40. The fourth-order valence-electron chi connectivity index (χ4n) is 3.87. The molecule has 0 aromatic carbocycles. The highest BCUT2D eigenvalue weighted by Gasteiger charge is 2.24. The van der Waals surface area contributed by atoms with Crippen LogP contribution in [-0.4, -0.2) is 42.6 Å². The van der Waals surface area contributed by atoms with Gasteiger partial charge in [0.1, 0.15) is 5.75 Å². The van der Waals surface area contributed by atoms with Gasteiger partial charge in [-0.05, 0) is 76.3 Å². The molecule has 2 saturated carbocycles. The lowest BCUT2D eigenvalue weighted by Crippen LogP contribution is -2.28. The Balaban J connectivity index is 1.54. The smallest absolute Gasteiger partial charge is 0.138 e. The Morgan fingerprint density at radius 1 is 1.26 bits per heavy atom. The minimum atomic E-state index is 0.304. The summed E-state index contributed by atoms with van der Waals surface area (Å²) in [6.45, 7) is 4.32. The number of hydrazine groups is 1. The van der Waals surface area contributed by atoms with E-state index in [0.717, 1.165) is 42.8 Å². The highest BCUT2D eigenvalue weighted by atomic mass is 16.5. The Hall–Kier alpha value is -2.67. The van der Waals surface area contributed by atoms with Crippen molar-refractivity contribution >= 4 is 18.6 Å². The summed E-state index contributed by atoms with van der Waals surface area (Å²) in [6.07, 6.45) is 15.9. The van der Waals surface area contributed by atoms with Crippen LogP contribution in [0.2, 0.25) is 0 Å². The number of nitrogens with two attached hydrogens (primary N) is 2. The zero-order chi connectivity index (χ0) is 22.1. The summed E-state index contributed by atoms with van der Waals surface area (Å²) in [5, 5.41) is 1.57. The van der Waals surface area contributed by atoms with Gasteiger partial charge in [0.2, 0.25) is 0 Å². The van der Waals surface area contributed by atoms with Crippen molar-refractivity contribution in [1.82, 2.24) is 9.99 Å². The van der Waals surface area contributed by atoms with Crippen molar-refractivity contribution in [3.8, 4) is 5.75 Å². The molecule has 1 heterocycles. The first-order chi connectivity index (χ1) is 15.1. The van der Waals surface area contributed by atoms with Crippen LogP contribution in [0.15, 0.2) is 45.8 Å². The first-order valence-electron chi connectivity index (χ1n) is 11.4. The third-order valence-corrected chi connectivity index (χ3v) is 5.83. The third-order valence-electron chi connectivity index (χ3n) is 5.83. The molecule has 0 radical (unpaired) electrons. The molecule has 0 atom stereocenters. The molecule has 2 aliphatic rings. The minimum Gasteiger partial charge on any atom is -0.489 e. The van der Waals surface area contributed by atoms with Crippen molar-refractivity contribution in [1.29, 1.82) is 0 Å². The summed E-state index contributed by atoms with van der Waals surface area (Å²) in [5.74, 6) is 7.42.